The van der Waals surface area contributed by atoms with Gasteiger partial charge in [0, 0.05) is 29.7 Å². The van der Waals surface area contributed by atoms with Crippen molar-refractivity contribution >= 4 is 34.9 Å². The molecule has 1 saturated heterocycles. The van der Waals surface area contributed by atoms with E-state index in [-0.39, 0.29) is 11.8 Å². The van der Waals surface area contributed by atoms with E-state index in [4.69, 9.17) is 16.3 Å². The fraction of sp³-hybridized carbons (Fsp3) is 0.300. The molecule has 1 aliphatic rings. The zero-order chi connectivity index (χ0) is 18.5. The molecule has 26 heavy (non-hydrogen) atoms. The molecule has 0 spiro atoms. The van der Waals surface area contributed by atoms with Gasteiger partial charge in [0.25, 0.3) is 0 Å². The van der Waals surface area contributed by atoms with Gasteiger partial charge in [0.2, 0.25) is 5.91 Å². The third-order valence-corrected chi connectivity index (χ3v) is 4.86. The molecule has 0 aromatic heterocycles. The number of rotatable bonds is 4. The number of anilines is 2. The third kappa shape index (κ3) is 4.17. The molecule has 1 aliphatic heterocycles. The van der Waals surface area contributed by atoms with Crippen molar-refractivity contribution in [1.82, 2.24) is 0 Å². The highest BCUT2D eigenvalue weighted by Crippen LogP contribution is 2.26. The van der Waals surface area contributed by atoms with Gasteiger partial charge in [-0.25, -0.2) is 4.79 Å². The predicted molar refractivity (Wildman–Crippen MR) is 103 cm³/mol. The van der Waals surface area contributed by atoms with E-state index < -0.39 is 5.97 Å². The number of methoxy groups -OCH3 is 1. The average molecular weight is 373 g/mol. The quantitative estimate of drug-likeness (QED) is 0.825. The van der Waals surface area contributed by atoms with Crippen LogP contribution in [-0.2, 0) is 9.53 Å². The summed E-state index contributed by atoms with van der Waals surface area (Å²) in [6.07, 6.45) is 1.50. The lowest BCUT2D eigenvalue weighted by Crippen LogP contribution is -2.38. The first-order valence-electron chi connectivity index (χ1n) is 8.57. The maximum atomic E-state index is 12.6. The molecular formula is C20H21ClN2O3. The molecule has 1 fully saturated rings. The van der Waals surface area contributed by atoms with Gasteiger partial charge in [0.15, 0.2) is 0 Å². The summed E-state index contributed by atoms with van der Waals surface area (Å²) in [6, 6.07) is 14.6. The van der Waals surface area contributed by atoms with Gasteiger partial charge in [0.1, 0.15) is 0 Å². The minimum absolute atomic E-state index is 0.0629. The van der Waals surface area contributed by atoms with Gasteiger partial charge >= 0.3 is 5.97 Å². The Morgan fingerprint density at radius 1 is 1.12 bits per heavy atom. The second kappa shape index (κ2) is 8.23. The second-order valence-corrected chi connectivity index (χ2v) is 6.70. The van der Waals surface area contributed by atoms with Gasteiger partial charge in [-0.3, -0.25) is 4.79 Å². The summed E-state index contributed by atoms with van der Waals surface area (Å²) in [5.74, 6) is -0.611. The maximum Gasteiger partial charge on any atom is 0.339 e. The fourth-order valence-electron chi connectivity index (χ4n) is 3.19. The number of para-hydroxylation sites is 1. The van der Waals surface area contributed by atoms with Crippen LogP contribution in [0.4, 0.5) is 11.4 Å². The number of carbonyl (C=O) groups excluding carboxylic acids is 2. The van der Waals surface area contributed by atoms with Crippen LogP contribution in [0.15, 0.2) is 48.5 Å². The van der Waals surface area contributed by atoms with E-state index in [9.17, 15) is 9.59 Å². The molecule has 1 N–H and O–H groups in total. The maximum absolute atomic E-state index is 12.6. The van der Waals surface area contributed by atoms with Crippen LogP contribution in [0.1, 0.15) is 23.2 Å². The van der Waals surface area contributed by atoms with Crippen LogP contribution in [0, 0.1) is 5.92 Å². The summed E-state index contributed by atoms with van der Waals surface area (Å²) in [5.41, 5.74) is 1.92. The monoisotopic (exact) mass is 372 g/mol. The number of hydrogen-bond donors (Lipinski definition) is 1. The number of carbonyl (C=O) groups is 2. The van der Waals surface area contributed by atoms with Crippen molar-refractivity contribution in [2.75, 3.05) is 30.4 Å². The molecular weight excluding hydrogens is 352 g/mol. The Morgan fingerprint density at radius 3 is 2.54 bits per heavy atom. The van der Waals surface area contributed by atoms with E-state index in [1.165, 1.54) is 7.11 Å². The van der Waals surface area contributed by atoms with Crippen LogP contribution >= 0.6 is 11.6 Å². The van der Waals surface area contributed by atoms with Crippen molar-refractivity contribution < 1.29 is 14.3 Å². The first kappa shape index (κ1) is 18.3. The number of ether oxygens (including phenoxy) is 1. The van der Waals surface area contributed by atoms with E-state index in [1.54, 1.807) is 24.3 Å². The van der Waals surface area contributed by atoms with Crippen LogP contribution in [0.3, 0.4) is 0 Å². The predicted octanol–water partition coefficient (Wildman–Crippen LogP) is 3.98. The smallest absolute Gasteiger partial charge is 0.339 e. The number of nitrogens with one attached hydrogen (secondary N) is 1. The number of piperidine rings is 1. The molecule has 0 bridgehead atoms. The highest BCUT2D eigenvalue weighted by molar-refractivity contribution is 6.30. The van der Waals surface area contributed by atoms with Crippen molar-refractivity contribution in [3.05, 3.63) is 59.1 Å². The molecule has 3 rings (SSSR count). The largest absolute Gasteiger partial charge is 0.465 e. The van der Waals surface area contributed by atoms with Crippen LogP contribution in [0.5, 0.6) is 0 Å². The molecule has 0 atom stereocenters. The lowest BCUT2D eigenvalue weighted by molar-refractivity contribution is -0.120. The second-order valence-electron chi connectivity index (χ2n) is 6.27. The molecule has 0 aliphatic carbocycles. The van der Waals surface area contributed by atoms with E-state index in [0.29, 0.717) is 16.3 Å². The number of amides is 1. The van der Waals surface area contributed by atoms with Crippen LogP contribution in [0.25, 0.3) is 0 Å². The summed E-state index contributed by atoms with van der Waals surface area (Å²) < 4.78 is 4.77. The van der Waals surface area contributed by atoms with E-state index in [1.807, 2.05) is 24.3 Å². The van der Waals surface area contributed by atoms with Crippen molar-refractivity contribution in [2.24, 2.45) is 5.92 Å². The minimum atomic E-state index is -0.461. The van der Waals surface area contributed by atoms with Gasteiger partial charge in [-0.05, 0) is 43.2 Å². The molecule has 0 radical (unpaired) electrons. The number of esters is 1. The first-order valence-corrected chi connectivity index (χ1v) is 8.95. The van der Waals surface area contributed by atoms with Crippen LogP contribution in [-0.4, -0.2) is 32.1 Å². The summed E-state index contributed by atoms with van der Waals surface area (Å²) in [4.78, 5) is 26.7. The number of benzene rings is 2. The molecule has 2 aromatic rings. The Hall–Kier alpha value is -2.53. The molecule has 2 aromatic carbocycles. The Labute approximate surface area is 157 Å². The molecule has 5 nitrogen and oxygen atoms in total. The Kier molecular flexibility index (Phi) is 5.78. The first-order chi connectivity index (χ1) is 12.6. The van der Waals surface area contributed by atoms with Crippen molar-refractivity contribution in [3.63, 3.8) is 0 Å². The third-order valence-electron chi connectivity index (χ3n) is 4.63. The molecule has 1 heterocycles. The molecule has 136 valence electrons. The van der Waals surface area contributed by atoms with Crippen LogP contribution in [0.2, 0.25) is 5.02 Å². The zero-order valence-electron chi connectivity index (χ0n) is 14.6. The van der Waals surface area contributed by atoms with Gasteiger partial charge in [-0.15, -0.1) is 0 Å². The molecule has 6 heteroatoms. The highest BCUT2D eigenvalue weighted by atomic mass is 35.5. The van der Waals surface area contributed by atoms with Gasteiger partial charge < -0.3 is 15.0 Å². The Balaban J connectivity index is 1.62. The van der Waals surface area contributed by atoms with Gasteiger partial charge in [0.05, 0.1) is 18.4 Å². The SMILES string of the molecule is COC(=O)c1ccccc1NC(=O)C1CCN(c2cccc(Cl)c2)CC1. The average Bonchev–Trinajstić information content (AvgIpc) is 2.68. The van der Waals surface area contributed by atoms with E-state index in [0.717, 1.165) is 31.6 Å². The van der Waals surface area contributed by atoms with Gasteiger partial charge in [-0.2, -0.15) is 0 Å². The lowest BCUT2D eigenvalue weighted by atomic mass is 9.95. The van der Waals surface area contributed by atoms with Crippen molar-refractivity contribution in [3.8, 4) is 0 Å². The summed E-state index contributed by atoms with van der Waals surface area (Å²) in [7, 11) is 1.33. The normalized spacial score (nSPS) is 14.8. The standard InChI is InChI=1S/C20H21ClN2O3/c1-26-20(25)17-7-2-3-8-18(17)22-19(24)14-9-11-23(12-10-14)16-6-4-5-15(21)13-16/h2-8,13-14H,9-12H2,1H3,(H,22,24). The Bertz CT molecular complexity index is 801. The van der Waals surface area contributed by atoms with Crippen molar-refractivity contribution in [1.29, 1.82) is 0 Å². The summed E-state index contributed by atoms with van der Waals surface area (Å²) in [5, 5.41) is 3.59. The van der Waals surface area contributed by atoms with Crippen molar-refractivity contribution in [2.45, 2.75) is 12.8 Å². The topological polar surface area (TPSA) is 58.6 Å². The highest BCUT2D eigenvalue weighted by Gasteiger charge is 2.26. The zero-order valence-corrected chi connectivity index (χ0v) is 15.3. The summed E-state index contributed by atoms with van der Waals surface area (Å²) >= 11 is 6.06. The number of hydrogen-bond acceptors (Lipinski definition) is 4. The summed E-state index contributed by atoms with van der Waals surface area (Å²) in [6.45, 7) is 1.58. The molecule has 1 amide bonds. The lowest BCUT2D eigenvalue weighted by Gasteiger charge is -2.33. The van der Waals surface area contributed by atoms with Gasteiger partial charge in [-0.1, -0.05) is 29.8 Å². The minimum Gasteiger partial charge on any atom is -0.465 e. The molecule has 0 saturated carbocycles. The number of halogens is 1. The molecule has 0 unspecified atom stereocenters. The number of nitrogens with zero attached hydrogens (tertiary/aromatic N) is 1. The fourth-order valence-corrected chi connectivity index (χ4v) is 3.37. The van der Waals surface area contributed by atoms with E-state index in [2.05, 4.69) is 10.2 Å². The van der Waals surface area contributed by atoms with E-state index >= 15 is 0 Å². The van der Waals surface area contributed by atoms with Crippen LogP contribution < -0.4 is 10.2 Å². The Morgan fingerprint density at radius 2 is 1.85 bits per heavy atom.